The van der Waals surface area contributed by atoms with E-state index < -0.39 is 0 Å². The summed E-state index contributed by atoms with van der Waals surface area (Å²) < 4.78 is 0. The van der Waals surface area contributed by atoms with Crippen LogP contribution < -0.4 is 0 Å². The van der Waals surface area contributed by atoms with Gasteiger partial charge in [-0.25, -0.2) is 0 Å². The first-order chi connectivity index (χ1) is 7.20. The number of aliphatic imine (C=N–C) groups is 1. The van der Waals surface area contributed by atoms with Crippen molar-refractivity contribution in [3.05, 3.63) is 36.6 Å². The van der Waals surface area contributed by atoms with Gasteiger partial charge in [0.2, 0.25) is 0 Å². The predicted octanol–water partition coefficient (Wildman–Crippen LogP) is 2.89. The largest absolute Gasteiger partial charge is 0.292 e. The van der Waals surface area contributed by atoms with E-state index in [1.54, 1.807) is 13.1 Å². The molecule has 0 aliphatic carbocycles. The van der Waals surface area contributed by atoms with Crippen LogP contribution in [-0.4, -0.2) is 11.4 Å². The molecule has 0 bridgehead atoms. The van der Waals surface area contributed by atoms with Gasteiger partial charge in [-0.3, -0.25) is 10.4 Å². The van der Waals surface area contributed by atoms with E-state index >= 15 is 0 Å². The van der Waals surface area contributed by atoms with Crippen molar-refractivity contribution in [2.45, 2.75) is 19.8 Å². The number of allylic oxidation sites excluding steroid dienone is 4. The quantitative estimate of drug-likeness (QED) is 0.497. The summed E-state index contributed by atoms with van der Waals surface area (Å²) in [6.07, 6.45) is 9.44. The van der Waals surface area contributed by atoms with Gasteiger partial charge in [0.15, 0.2) is 0 Å². The van der Waals surface area contributed by atoms with Crippen molar-refractivity contribution in [1.29, 1.82) is 5.41 Å². The van der Waals surface area contributed by atoms with Crippen LogP contribution in [0.3, 0.4) is 0 Å². The molecule has 0 saturated carbocycles. The second-order valence-electron chi connectivity index (χ2n) is 3.29. The summed E-state index contributed by atoms with van der Waals surface area (Å²) in [4.78, 5) is 4.20. The lowest BCUT2D eigenvalue weighted by atomic mass is 10.1. The molecule has 0 aromatic carbocycles. The van der Waals surface area contributed by atoms with Crippen molar-refractivity contribution < 1.29 is 0 Å². The average molecular weight is 198 g/mol. The maximum atomic E-state index is 7.50. The first kappa shape index (κ1) is 11.2. The van der Waals surface area contributed by atoms with Crippen LogP contribution in [0.15, 0.2) is 41.6 Å². The van der Waals surface area contributed by atoms with Crippen LogP contribution >= 0.6 is 0 Å². The Labute approximate surface area is 90.6 Å². The molecule has 0 unspecified atom stereocenters. The lowest BCUT2D eigenvalue weighted by Gasteiger charge is -1.96. The molecular formula is C13H14N2. The average Bonchev–Trinajstić information content (AvgIpc) is 2.15. The highest BCUT2D eigenvalue weighted by atomic mass is 14.7. The smallest absolute Gasteiger partial charge is 0.107 e. The molecular weight excluding hydrogens is 184 g/mol. The first-order valence-electron chi connectivity index (χ1n) is 4.85. The number of nitrogens with one attached hydrogen (secondary N) is 1. The number of hydrogen-bond donors (Lipinski definition) is 1. The first-order valence-corrected chi connectivity index (χ1v) is 4.85. The lowest BCUT2D eigenvalue weighted by Crippen LogP contribution is -1.97. The Bertz CT molecular complexity index is 412. The molecule has 1 rings (SSSR count). The maximum Gasteiger partial charge on any atom is 0.107 e. The molecule has 2 heteroatoms. The molecule has 0 fully saturated rings. The van der Waals surface area contributed by atoms with E-state index in [0.717, 1.165) is 18.6 Å². The zero-order valence-electron chi connectivity index (χ0n) is 8.88. The summed E-state index contributed by atoms with van der Waals surface area (Å²) in [7, 11) is 0. The minimum absolute atomic E-state index is 0.277. The van der Waals surface area contributed by atoms with Gasteiger partial charge in [-0.05, 0) is 36.8 Å². The number of hydrogen-bond acceptors (Lipinski definition) is 2. The summed E-state index contributed by atoms with van der Waals surface area (Å²) in [5.74, 6) is 5.64. The second kappa shape index (κ2) is 5.77. The molecule has 1 aliphatic rings. The van der Waals surface area contributed by atoms with Gasteiger partial charge in [-0.2, -0.15) is 0 Å². The Balaban J connectivity index is 2.73. The molecule has 0 spiro atoms. The zero-order valence-corrected chi connectivity index (χ0v) is 8.88. The summed E-state index contributed by atoms with van der Waals surface area (Å²) in [6.45, 7) is 5.44. The van der Waals surface area contributed by atoms with Gasteiger partial charge >= 0.3 is 0 Å². The fraction of sp³-hybridized carbons (Fsp3) is 0.231. The molecule has 0 radical (unpaired) electrons. The van der Waals surface area contributed by atoms with Gasteiger partial charge < -0.3 is 0 Å². The summed E-state index contributed by atoms with van der Waals surface area (Å²) in [5.41, 5.74) is 1.78. The van der Waals surface area contributed by atoms with Crippen LogP contribution in [0.1, 0.15) is 19.8 Å². The SMILES string of the molecule is C=C(C)C(=N)C#CC1=N/C=C\C=C/CC1. The van der Waals surface area contributed by atoms with Crippen LogP contribution in [0.4, 0.5) is 0 Å². The molecule has 0 aromatic rings. The van der Waals surface area contributed by atoms with E-state index in [1.807, 2.05) is 12.2 Å². The summed E-state index contributed by atoms with van der Waals surface area (Å²) >= 11 is 0. The van der Waals surface area contributed by atoms with Crippen LogP contribution in [0.2, 0.25) is 0 Å². The Kier molecular flexibility index (Phi) is 4.30. The molecule has 1 N–H and O–H groups in total. The van der Waals surface area contributed by atoms with Crippen LogP contribution in [0, 0.1) is 17.3 Å². The highest BCUT2D eigenvalue weighted by Crippen LogP contribution is 1.99. The van der Waals surface area contributed by atoms with Gasteiger partial charge in [-0.1, -0.05) is 18.7 Å². The van der Waals surface area contributed by atoms with Crippen molar-refractivity contribution in [3.63, 3.8) is 0 Å². The lowest BCUT2D eigenvalue weighted by molar-refractivity contribution is 1.10. The third-order valence-corrected chi connectivity index (χ3v) is 1.87. The van der Waals surface area contributed by atoms with Crippen molar-refractivity contribution in [1.82, 2.24) is 0 Å². The summed E-state index contributed by atoms with van der Waals surface area (Å²) in [5, 5.41) is 7.50. The Morgan fingerprint density at radius 1 is 1.53 bits per heavy atom. The third-order valence-electron chi connectivity index (χ3n) is 1.87. The Morgan fingerprint density at radius 3 is 3.07 bits per heavy atom. The molecule has 1 aliphatic heterocycles. The van der Waals surface area contributed by atoms with E-state index in [1.165, 1.54) is 0 Å². The highest BCUT2D eigenvalue weighted by molar-refractivity contribution is 6.14. The van der Waals surface area contributed by atoms with Gasteiger partial charge in [0, 0.05) is 12.6 Å². The van der Waals surface area contributed by atoms with Gasteiger partial charge in [-0.15, -0.1) is 0 Å². The van der Waals surface area contributed by atoms with E-state index in [0.29, 0.717) is 5.57 Å². The number of nitrogens with zero attached hydrogens (tertiary/aromatic N) is 1. The van der Waals surface area contributed by atoms with Gasteiger partial charge in [0.05, 0.1) is 5.71 Å². The van der Waals surface area contributed by atoms with E-state index in [9.17, 15) is 0 Å². The fourth-order valence-electron chi connectivity index (χ4n) is 0.978. The van der Waals surface area contributed by atoms with E-state index in [2.05, 4.69) is 29.5 Å². The Hall–Kier alpha value is -1.88. The molecule has 15 heavy (non-hydrogen) atoms. The highest BCUT2D eigenvalue weighted by Gasteiger charge is 1.95. The van der Waals surface area contributed by atoms with Crippen molar-refractivity contribution in [2.75, 3.05) is 0 Å². The van der Waals surface area contributed by atoms with Crippen molar-refractivity contribution >= 4 is 11.4 Å². The number of rotatable bonds is 1. The minimum atomic E-state index is 0.277. The maximum absolute atomic E-state index is 7.50. The minimum Gasteiger partial charge on any atom is -0.292 e. The topological polar surface area (TPSA) is 36.2 Å². The molecule has 76 valence electrons. The monoisotopic (exact) mass is 198 g/mol. The molecule has 0 amide bonds. The third kappa shape index (κ3) is 4.24. The Morgan fingerprint density at radius 2 is 2.33 bits per heavy atom. The van der Waals surface area contributed by atoms with Crippen LogP contribution in [0.5, 0.6) is 0 Å². The molecule has 2 nitrogen and oxygen atoms in total. The normalized spacial score (nSPS) is 18.6. The molecule has 0 saturated heterocycles. The standard InChI is InChI=1S/C13H14N2/c1-11(2)13(14)9-8-12-7-5-3-4-6-10-15-12/h3-4,6,10,14H,1,5,7H2,2H3/b4-3-,10-6-,14-13?,15-12?. The van der Waals surface area contributed by atoms with E-state index in [4.69, 9.17) is 5.41 Å². The zero-order chi connectivity index (χ0) is 11.1. The molecule has 0 aromatic heterocycles. The molecule has 0 atom stereocenters. The second-order valence-corrected chi connectivity index (χ2v) is 3.29. The summed E-state index contributed by atoms with van der Waals surface area (Å²) in [6, 6.07) is 0. The fourth-order valence-corrected chi connectivity index (χ4v) is 0.978. The van der Waals surface area contributed by atoms with E-state index in [-0.39, 0.29) is 5.71 Å². The van der Waals surface area contributed by atoms with Gasteiger partial charge in [0.25, 0.3) is 0 Å². The predicted molar refractivity (Wildman–Crippen MR) is 65.3 cm³/mol. The van der Waals surface area contributed by atoms with Crippen molar-refractivity contribution in [3.8, 4) is 11.8 Å². The van der Waals surface area contributed by atoms with Crippen LogP contribution in [-0.2, 0) is 0 Å². The molecule has 1 heterocycles. The van der Waals surface area contributed by atoms with Crippen LogP contribution in [0.25, 0.3) is 0 Å². The van der Waals surface area contributed by atoms with Gasteiger partial charge in [0.1, 0.15) is 5.71 Å². The van der Waals surface area contributed by atoms with Crippen molar-refractivity contribution in [2.24, 2.45) is 4.99 Å².